The fraction of sp³-hybridized carbons (Fsp3) is 0.667. The second-order valence-corrected chi connectivity index (χ2v) is 8.98. The Hall–Kier alpha value is -0.781. The first-order valence-electron chi connectivity index (χ1n) is 13.2. The van der Waals surface area contributed by atoms with Crippen molar-refractivity contribution in [2.24, 2.45) is 0 Å². The van der Waals surface area contributed by atoms with Crippen molar-refractivity contribution in [3.05, 3.63) is 58.7 Å². The zero-order chi connectivity index (χ0) is 21.9. The molecule has 0 heterocycles. The van der Waals surface area contributed by atoms with Gasteiger partial charge in [-0.25, -0.2) is 12.1 Å². The molecule has 2 rings (SSSR count). The third-order valence-corrected chi connectivity index (χ3v) is 6.21. The molecule has 178 valence electrons. The summed E-state index contributed by atoms with van der Waals surface area (Å²) < 4.78 is 0. The Labute approximate surface area is 205 Å². The molecular weight excluding hydrogens is 416 g/mol. The number of rotatable bonds is 16. The minimum absolute atomic E-state index is 0. The fourth-order valence-corrected chi connectivity index (χ4v) is 4.23. The summed E-state index contributed by atoms with van der Waals surface area (Å²) in [5.41, 5.74) is 6.44. The summed E-state index contributed by atoms with van der Waals surface area (Å²) in [5.74, 6) is 0. The molecule has 0 aliphatic heterocycles. The molecular formula is C30H50Fe. The Balaban J connectivity index is 0.000000562. The Kier molecular flexibility index (Phi) is 20.6. The van der Waals surface area contributed by atoms with Crippen LogP contribution in [0.1, 0.15) is 127 Å². The van der Waals surface area contributed by atoms with Crippen molar-refractivity contribution >= 4 is 0 Å². The normalized spacial score (nSPS) is 10.5. The molecule has 0 aliphatic rings. The van der Waals surface area contributed by atoms with Gasteiger partial charge < -0.3 is 0 Å². The van der Waals surface area contributed by atoms with E-state index < -0.39 is 0 Å². The molecule has 0 aliphatic carbocycles. The van der Waals surface area contributed by atoms with Gasteiger partial charge in [0, 0.05) is 0 Å². The standard InChI is InChI=1S/2C15H25.Fe/c2*1-3-5-7-10-14-12-9-13-15(14)11-8-6-4-2;/h2*9,12-13H,3-8,10-11H2,1-2H3;/q2*-1;+2. The predicted octanol–water partition coefficient (Wildman–Crippen LogP) is 9.74. The van der Waals surface area contributed by atoms with Crippen LogP contribution in [-0.4, -0.2) is 0 Å². The van der Waals surface area contributed by atoms with Gasteiger partial charge in [-0.15, -0.1) is 0 Å². The molecule has 31 heavy (non-hydrogen) atoms. The van der Waals surface area contributed by atoms with E-state index in [2.05, 4.69) is 64.1 Å². The van der Waals surface area contributed by atoms with Crippen LogP contribution in [-0.2, 0) is 42.8 Å². The van der Waals surface area contributed by atoms with Crippen LogP contribution >= 0.6 is 0 Å². The average Bonchev–Trinajstić information content (AvgIpc) is 3.39. The van der Waals surface area contributed by atoms with Crippen molar-refractivity contribution in [1.29, 1.82) is 0 Å². The third kappa shape index (κ3) is 14.1. The van der Waals surface area contributed by atoms with Crippen molar-refractivity contribution in [2.45, 2.75) is 130 Å². The molecule has 0 unspecified atom stereocenters. The van der Waals surface area contributed by atoms with E-state index in [1.807, 2.05) is 0 Å². The van der Waals surface area contributed by atoms with Crippen LogP contribution in [0.15, 0.2) is 36.4 Å². The van der Waals surface area contributed by atoms with Gasteiger partial charge in [0.15, 0.2) is 0 Å². The van der Waals surface area contributed by atoms with Gasteiger partial charge in [-0.1, -0.05) is 130 Å². The number of unbranched alkanes of at least 4 members (excludes halogenated alkanes) is 8. The second-order valence-electron chi connectivity index (χ2n) is 8.98. The first-order chi connectivity index (χ1) is 14.8. The summed E-state index contributed by atoms with van der Waals surface area (Å²) in [5, 5.41) is 0. The fourth-order valence-electron chi connectivity index (χ4n) is 4.23. The molecule has 0 nitrogen and oxygen atoms in total. The summed E-state index contributed by atoms with van der Waals surface area (Å²) in [7, 11) is 0. The smallest absolute Gasteiger partial charge is 0.210 e. The number of aryl methyl sites for hydroxylation is 4. The Morgan fingerprint density at radius 2 is 0.806 bits per heavy atom. The van der Waals surface area contributed by atoms with E-state index in [9.17, 15) is 0 Å². The molecule has 0 N–H and O–H groups in total. The zero-order valence-corrected chi connectivity index (χ0v) is 22.2. The molecule has 2 aromatic rings. The summed E-state index contributed by atoms with van der Waals surface area (Å²) >= 11 is 0. The summed E-state index contributed by atoms with van der Waals surface area (Å²) in [6.07, 6.45) is 21.4. The van der Waals surface area contributed by atoms with Crippen LogP contribution in [0, 0.1) is 0 Å². The number of hydrogen-bond acceptors (Lipinski definition) is 0. The maximum Gasteiger partial charge on any atom is 2.00 e. The van der Waals surface area contributed by atoms with E-state index in [0.717, 1.165) is 0 Å². The molecule has 0 fully saturated rings. The van der Waals surface area contributed by atoms with Gasteiger partial charge in [0.2, 0.25) is 0 Å². The van der Waals surface area contributed by atoms with Crippen molar-refractivity contribution < 1.29 is 17.1 Å². The first-order valence-corrected chi connectivity index (χ1v) is 13.2. The molecule has 0 saturated heterocycles. The van der Waals surface area contributed by atoms with Crippen LogP contribution in [0.25, 0.3) is 0 Å². The van der Waals surface area contributed by atoms with Crippen molar-refractivity contribution in [1.82, 2.24) is 0 Å². The summed E-state index contributed by atoms with van der Waals surface area (Å²) in [4.78, 5) is 0. The molecule has 0 bridgehead atoms. The summed E-state index contributed by atoms with van der Waals surface area (Å²) in [6, 6.07) is 13.7. The van der Waals surface area contributed by atoms with Gasteiger partial charge in [-0.2, -0.15) is 46.5 Å². The SMILES string of the molecule is CCCCCc1cc[cH-]c1CCCCC.CCCCCc1cc[cH-]c1CCCCC.[Fe+2]. The molecule has 1 heteroatoms. The molecule has 0 aromatic heterocycles. The molecule has 0 radical (unpaired) electrons. The predicted molar refractivity (Wildman–Crippen MR) is 137 cm³/mol. The van der Waals surface area contributed by atoms with Crippen LogP contribution in [0.4, 0.5) is 0 Å². The maximum absolute atomic E-state index is 2.32. The molecule has 0 amide bonds. The van der Waals surface area contributed by atoms with Crippen LogP contribution in [0.3, 0.4) is 0 Å². The maximum atomic E-state index is 2.32. The van der Waals surface area contributed by atoms with E-state index in [1.165, 1.54) is 103 Å². The van der Waals surface area contributed by atoms with Gasteiger partial charge in [0.25, 0.3) is 0 Å². The van der Waals surface area contributed by atoms with E-state index >= 15 is 0 Å². The van der Waals surface area contributed by atoms with E-state index in [-0.39, 0.29) is 17.1 Å². The van der Waals surface area contributed by atoms with Gasteiger partial charge in [0.05, 0.1) is 0 Å². The minimum Gasteiger partial charge on any atom is -0.210 e. The van der Waals surface area contributed by atoms with Crippen LogP contribution < -0.4 is 0 Å². The first kappa shape index (κ1) is 30.2. The number of hydrogen-bond donors (Lipinski definition) is 0. The zero-order valence-electron chi connectivity index (χ0n) is 21.1. The summed E-state index contributed by atoms with van der Waals surface area (Å²) in [6.45, 7) is 9.08. The monoisotopic (exact) mass is 466 g/mol. The molecule has 0 saturated carbocycles. The minimum atomic E-state index is 0. The average molecular weight is 467 g/mol. The van der Waals surface area contributed by atoms with Crippen molar-refractivity contribution in [2.75, 3.05) is 0 Å². The Morgan fingerprint density at radius 3 is 1.13 bits per heavy atom. The van der Waals surface area contributed by atoms with E-state index in [4.69, 9.17) is 0 Å². The van der Waals surface area contributed by atoms with Gasteiger partial charge >= 0.3 is 17.1 Å². The van der Waals surface area contributed by atoms with Crippen LogP contribution in [0.5, 0.6) is 0 Å². The van der Waals surface area contributed by atoms with Crippen molar-refractivity contribution in [3.8, 4) is 0 Å². The van der Waals surface area contributed by atoms with Crippen molar-refractivity contribution in [3.63, 3.8) is 0 Å². The van der Waals surface area contributed by atoms with Gasteiger partial charge in [0.1, 0.15) is 0 Å². The quantitative estimate of drug-likeness (QED) is 0.131. The topological polar surface area (TPSA) is 0 Å². The Bertz CT molecular complexity index is 500. The molecule has 2 aromatic carbocycles. The Morgan fingerprint density at radius 1 is 0.484 bits per heavy atom. The van der Waals surface area contributed by atoms with E-state index in [0.29, 0.717) is 0 Å². The second kappa shape index (κ2) is 21.1. The van der Waals surface area contributed by atoms with E-state index in [1.54, 1.807) is 22.3 Å². The van der Waals surface area contributed by atoms with Gasteiger partial charge in [-0.3, -0.25) is 0 Å². The molecule has 0 spiro atoms. The third-order valence-electron chi connectivity index (χ3n) is 6.21. The molecule has 0 atom stereocenters. The largest absolute Gasteiger partial charge is 2.00 e. The van der Waals surface area contributed by atoms with Crippen LogP contribution in [0.2, 0.25) is 0 Å². The van der Waals surface area contributed by atoms with Gasteiger partial charge in [-0.05, 0) is 0 Å².